The SMILES string of the molecule is O=C(O)CCC(C[PH](=O)CCC(=O)O)C(=O)O. The van der Waals surface area contributed by atoms with Crippen LogP contribution in [0.4, 0.5) is 0 Å². The Hall–Kier alpha value is -1.36. The highest BCUT2D eigenvalue weighted by Gasteiger charge is 2.21. The van der Waals surface area contributed by atoms with Crippen LogP contribution in [0.15, 0.2) is 0 Å². The molecule has 0 aliphatic carbocycles. The van der Waals surface area contributed by atoms with Crippen molar-refractivity contribution in [3.8, 4) is 0 Å². The monoisotopic (exact) mass is 266 g/mol. The summed E-state index contributed by atoms with van der Waals surface area (Å²) in [6.07, 6.45) is -0.834. The molecule has 2 unspecified atom stereocenters. The van der Waals surface area contributed by atoms with E-state index in [2.05, 4.69) is 0 Å². The van der Waals surface area contributed by atoms with E-state index in [1.54, 1.807) is 0 Å². The Balaban J connectivity index is 4.15. The lowest BCUT2D eigenvalue weighted by molar-refractivity contribution is -0.142. The Kier molecular flexibility index (Phi) is 7.21. The molecular formula is C9H15O7P. The third kappa shape index (κ3) is 8.45. The average molecular weight is 266 g/mol. The molecule has 0 bridgehead atoms. The molecule has 2 atom stereocenters. The van der Waals surface area contributed by atoms with E-state index in [0.717, 1.165) is 0 Å². The first-order chi connectivity index (χ1) is 7.82. The number of hydrogen-bond donors (Lipinski definition) is 3. The van der Waals surface area contributed by atoms with E-state index in [0.29, 0.717) is 0 Å². The van der Waals surface area contributed by atoms with Gasteiger partial charge in [0.05, 0.1) is 20.1 Å². The maximum absolute atomic E-state index is 11.4. The van der Waals surface area contributed by atoms with Gasteiger partial charge in [0.2, 0.25) is 0 Å². The van der Waals surface area contributed by atoms with Gasteiger partial charge in [0.1, 0.15) is 0 Å². The zero-order chi connectivity index (χ0) is 13.4. The smallest absolute Gasteiger partial charge is 0.306 e. The molecule has 0 spiro atoms. The largest absolute Gasteiger partial charge is 0.481 e. The lowest BCUT2D eigenvalue weighted by Gasteiger charge is -2.10. The standard InChI is InChI=1S/C9H15O7P/c10-7(11)2-1-6(9(14)15)5-17(16)4-3-8(12)13/h6,17H,1-5H2,(H,10,11)(H,12,13)(H,14,15). The van der Waals surface area contributed by atoms with Crippen molar-refractivity contribution in [3.05, 3.63) is 0 Å². The Morgan fingerprint density at radius 2 is 1.53 bits per heavy atom. The minimum absolute atomic E-state index is 0.0448. The number of carboxylic acid groups (broad SMARTS) is 3. The van der Waals surface area contributed by atoms with Crippen molar-refractivity contribution in [2.75, 3.05) is 12.3 Å². The molecule has 0 amide bonds. The molecular weight excluding hydrogens is 251 g/mol. The van der Waals surface area contributed by atoms with E-state index in [-0.39, 0.29) is 31.6 Å². The summed E-state index contributed by atoms with van der Waals surface area (Å²) >= 11 is 0. The van der Waals surface area contributed by atoms with Crippen LogP contribution in [0.1, 0.15) is 19.3 Å². The first-order valence-corrected chi connectivity index (χ1v) is 6.83. The second-order valence-corrected chi connectivity index (χ2v) is 5.59. The molecule has 0 aliphatic heterocycles. The zero-order valence-electron chi connectivity index (χ0n) is 9.09. The second kappa shape index (κ2) is 7.84. The van der Waals surface area contributed by atoms with E-state index < -0.39 is 31.6 Å². The molecule has 0 aromatic rings. The van der Waals surface area contributed by atoms with Gasteiger partial charge in [-0.15, -0.1) is 0 Å². The van der Waals surface area contributed by atoms with Gasteiger partial charge >= 0.3 is 17.9 Å². The molecule has 0 aromatic heterocycles. The summed E-state index contributed by atoms with van der Waals surface area (Å²) in [7, 11) is -2.28. The summed E-state index contributed by atoms with van der Waals surface area (Å²) in [5.41, 5.74) is 0. The molecule has 7 nitrogen and oxygen atoms in total. The Labute approximate surface area is 98.2 Å². The molecule has 8 heteroatoms. The Morgan fingerprint density at radius 3 is 1.94 bits per heavy atom. The highest BCUT2D eigenvalue weighted by Crippen LogP contribution is 2.27. The number of carbonyl (C=O) groups is 3. The zero-order valence-corrected chi connectivity index (χ0v) is 10.1. The number of rotatable bonds is 9. The molecule has 98 valence electrons. The van der Waals surface area contributed by atoms with Crippen molar-refractivity contribution in [1.82, 2.24) is 0 Å². The molecule has 0 radical (unpaired) electrons. The van der Waals surface area contributed by atoms with Gasteiger partial charge in [0, 0.05) is 18.7 Å². The van der Waals surface area contributed by atoms with Gasteiger partial charge in [-0.1, -0.05) is 0 Å². The van der Waals surface area contributed by atoms with E-state index >= 15 is 0 Å². The van der Waals surface area contributed by atoms with Crippen LogP contribution < -0.4 is 0 Å². The van der Waals surface area contributed by atoms with Crippen LogP contribution in [0.25, 0.3) is 0 Å². The fraction of sp³-hybridized carbons (Fsp3) is 0.667. The second-order valence-electron chi connectivity index (χ2n) is 3.60. The third-order valence-corrected chi connectivity index (χ3v) is 3.90. The molecule has 0 aliphatic rings. The van der Waals surface area contributed by atoms with Crippen molar-refractivity contribution in [2.45, 2.75) is 19.3 Å². The van der Waals surface area contributed by atoms with Gasteiger partial charge in [-0.25, -0.2) is 0 Å². The molecule has 3 N–H and O–H groups in total. The minimum atomic E-state index is -2.28. The summed E-state index contributed by atoms with van der Waals surface area (Å²) in [5.74, 6) is -4.37. The third-order valence-electron chi connectivity index (χ3n) is 2.15. The lowest BCUT2D eigenvalue weighted by atomic mass is 10.1. The van der Waals surface area contributed by atoms with E-state index in [4.69, 9.17) is 15.3 Å². The normalized spacial score (nSPS) is 13.9. The summed E-state index contributed by atoms with van der Waals surface area (Å²) in [5, 5.41) is 25.6. The van der Waals surface area contributed by atoms with E-state index in [1.165, 1.54) is 0 Å². The van der Waals surface area contributed by atoms with Crippen LogP contribution in [-0.4, -0.2) is 45.6 Å². The Morgan fingerprint density at radius 1 is 1.00 bits per heavy atom. The molecule has 0 saturated carbocycles. The molecule has 0 fully saturated rings. The molecule has 17 heavy (non-hydrogen) atoms. The van der Waals surface area contributed by atoms with Gasteiger partial charge in [-0.05, 0) is 6.42 Å². The highest BCUT2D eigenvalue weighted by molar-refractivity contribution is 7.44. The van der Waals surface area contributed by atoms with Gasteiger partial charge in [0.15, 0.2) is 0 Å². The van der Waals surface area contributed by atoms with Gasteiger partial charge in [-0.2, -0.15) is 0 Å². The van der Waals surface area contributed by atoms with E-state index in [1.807, 2.05) is 0 Å². The van der Waals surface area contributed by atoms with Crippen LogP contribution in [-0.2, 0) is 18.9 Å². The van der Waals surface area contributed by atoms with Crippen molar-refractivity contribution >= 4 is 25.7 Å². The molecule has 0 saturated heterocycles. The first kappa shape index (κ1) is 15.6. The maximum atomic E-state index is 11.4. The predicted molar refractivity (Wildman–Crippen MR) is 59.0 cm³/mol. The minimum Gasteiger partial charge on any atom is -0.481 e. The highest BCUT2D eigenvalue weighted by atomic mass is 31.1. The number of carboxylic acids is 3. The fourth-order valence-electron chi connectivity index (χ4n) is 1.23. The van der Waals surface area contributed by atoms with Crippen molar-refractivity contribution in [2.24, 2.45) is 5.92 Å². The van der Waals surface area contributed by atoms with Crippen molar-refractivity contribution in [1.29, 1.82) is 0 Å². The molecule has 0 rings (SSSR count). The lowest BCUT2D eigenvalue weighted by Crippen LogP contribution is -2.18. The van der Waals surface area contributed by atoms with Crippen LogP contribution in [0.3, 0.4) is 0 Å². The summed E-state index contributed by atoms with van der Waals surface area (Å²) in [6, 6.07) is 0. The van der Waals surface area contributed by atoms with Gasteiger partial charge < -0.3 is 19.9 Å². The quantitative estimate of drug-likeness (QED) is 0.520. The number of hydrogen-bond acceptors (Lipinski definition) is 4. The number of aliphatic carboxylic acids is 3. The predicted octanol–water partition coefficient (Wildman–Crippen LogP) is 0.586. The van der Waals surface area contributed by atoms with Crippen LogP contribution >= 0.6 is 7.80 Å². The molecule has 0 heterocycles. The first-order valence-electron chi connectivity index (χ1n) is 5.01. The van der Waals surface area contributed by atoms with Gasteiger partial charge in [0.25, 0.3) is 0 Å². The maximum Gasteiger partial charge on any atom is 0.306 e. The summed E-state index contributed by atoms with van der Waals surface area (Å²) in [4.78, 5) is 31.3. The summed E-state index contributed by atoms with van der Waals surface area (Å²) < 4.78 is 11.4. The average Bonchev–Trinajstić information content (AvgIpc) is 2.20. The van der Waals surface area contributed by atoms with Crippen LogP contribution in [0.2, 0.25) is 0 Å². The summed E-state index contributed by atoms with van der Waals surface area (Å²) in [6.45, 7) is 0. The Bertz CT molecular complexity index is 325. The fourth-order valence-corrected chi connectivity index (χ4v) is 2.86. The van der Waals surface area contributed by atoms with Crippen molar-refractivity contribution < 1.29 is 34.3 Å². The van der Waals surface area contributed by atoms with E-state index in [9.17, 15) is 18.9 Å². The van der Waals surface area contributed by atoms with Crippen LogP contribution in [0.5, 0.6) is 0 Å². The topological polar surface area (TPSA) is 129 Å². The van der Waals surface area contributed by atoms with Crippen molar-refractivity contribution in [3.63, 3.8) is 0 Å². The molecule has 0 aromatic carbocycles. The van der Waals surface area contributed by atoms with Crippen LogP contribution in [0, 0.1) is 5.92 Å². The van der Waals surface area contributed by atoms with Gasteiger partial charge in [-0.3, -0.25) is 14.4 Å².